The smallest absolute Gasteiger partial charge is 0.198 e. The summed E-state index contributed by atoms with van der Waals surface area (Å²) >= 11 is 1.85. The predicted molar refractivity (Wildman–Crippen MR) is 87.1 cm³/mol. The van der Waals surface area contributed by atoms with Crippen LogP contribution in [0.15, 0.2) is 28.7 Å². The Labute approximate surface area is 128 Å². The van der Waals surface area contributed by atoms with E-state index in [0.29, 0.717) is 5.92 Å². The molecule has 2 aromatic heterocycles. The van der Waals surface area contributed by atoms with Crippen LogP contribution in [0.2, 0.25) is 0 Å². The molecule has 1 aromatic carbocycles. The van der Waals surface area contributed by atoms with Gasteiger partial charge in [-0.05, 0) is 56.5 Å². The van der Waals surface area contributed by atoms with Crippen molar-refractivity contribution in [2.45, 2.75) is 39.2 Å². The Kier molecular flexibility index (Phi) is 3.00. The first kappa shape index (κ1) is 12.9. The normalized spacial score (nSPS) is 14.8. The molecule has 4 rings (SSSR count). The minimum absolute atomic E-state index is 0.560. The molecule has 0 saturated heterocycles. The van der Waals surface area contributed by atoms with E-state index in [2.05, 4.69) is 42.3 Å². The number of rotatable bonds is 4. The summed E-state index contributed by atoms with van der Waals surface area (Å²) in [5.41, 5.74) is 4.32. The van der Waals surface area contributed by atoms with Crippen molar-refractivity contribution in [2.24, 2.45) is 0 Å². The van der Waals surface area contributed by atoms with Crippen LogP contribution in [0.3, 0.4) is 0 Å². The first-order chi connectivity index (χ1) is 10.2. The number of nitrogens with one attached hydrogen (secondary N) is 1. The Morgan fingerprint density at radius 3 is 2.86 bits per heavy atom. The van der Waals surface area contributed by atoms with Gasteiger partial charge in [-0.25, -0.2) is 4.98 Å². The Balaban J connectivity index is 1.54. The number of nitrogens with zero attached hydrogens (tertiary/aromatic N) is 1. The fourth-order valence-corrected chi connectivity index (χ4v) is 3.56. The van der Waals surface area contributed by atoms with Crippen molar-refractivity contribution < 1.29 is 4.42 Å². The van der Waals surface area contributed by atoms with Crippen molar-refractivity contribution in [2.75, 3.05) is 5.32 Å². The summed E-state index contributed by atoms with van der Waals surface area (Å²) in [5, 5.41) is 3.49. The van der Waals surface area contributed by atoms with Crippen LogP contribution in [0, 0.1) is 13.8 Å². The first-order valence-corrected chi connectivity index (χ1v) is 8.21. The summed E-state index contributed by atoms with van der Waals surface area (Å²) < 4.78 is 5.79. The van der Waals surface area contributed by atoms with Gasteiger partial charge in [0.05, 0.1) is 0 Å². The van der Waals surface area contributed by atoms with E-state index in [1.165, 1.54) is 28.2 Å². The lowest BCUT2D eigenvalue weighted by atomic mass is 10.2. The first-order valence-electron chi connectivity index (χ1n) is 7.39. The molecule has 0 aliphatic heterocycles. The van der Waals surface area contributed by atoms with Gasteiger partial charge in [0, 0.05) is 27.9 Å². The number of benzene rings is 1. The number of thiophene rings is 1. The van der Waals surface area contributed by atoms with E-state index in [0.717, 1.165) is 29.2 Å². The van der Waals surface area contributed by atoms with Crippen molar-refractivity contribution in [3.05, 3.63) is 45.5 Å². The maximum Gasteiger partial charge on any atom is 0.198 e. The average molecular weight is 298 g/mol. The largest absolute Gasteiger partial charge is 0.440 e. The van der Waals surface area contributed by atoms with Crippen LogP contribution in [0.25, 0.3) is 11.1 Å². The maximum atomic E-state index is 5.79. The molecule has 1 aliphatic carbocycles. The summed E-state index contributed by atoms with van der Waals surface area (Å²) in [6.45, 7) is 5.19. The Bertz CT molecular complexity index is 798. The lowest BCUT2D eigenvalue weighted by molar-refractivity contribution is 0.533. The third-order valence-corrected chi connectivity index (χ3v) is 4.97. The highest BCUT2D eigenvalue weighted by Crippen LogP contribution is 2.40. The van der Waals surface area contributed by atoms with Crippen LogP contribution in [0.5, 0.6) is 0 Å². The Hall–Kier alpha value is -1.81. The van der Waals surface area contributed by atoms with Crippen LogP contribution in [0.4, 0.5) is 5.69 Å². The van der Waals surface area contributed by atoms with Crippen LogP contribution in [-0.4, -0.2) is 4.98 Å². The van der Waals surface area contributed by atoms with Crippen molar-refractivity contribution in [3.8, 4) is 0 Å². The lowest BCUT2D eigenvalue weighted by Gasteiger charge is -2.05. The zero-order valence-electron chi connectivity index (χ0n) is 12.3. The molecule has 2 heterocycles. The molecule has 0 spiro atoms. The standard InChI is InChI=1S/C17H18N2OS/c1-10-7-13(11(2)21-10)9-18-14-5-6-16-15(8-14)19-17(20-16)12-3-4-12/h5-8,12,18H,3-4,9H2,1-2H3. The highest BCUT2D eigenvalue weighted by Gasteiger charge is 2.28. The minimum Gasteiger partial charge on any atom is -0.440 e. The fraction of sp³-hybridized carbons (Fsp3) is 0.353. The second-order valence-corrected chi connectivity index (χ2v) is 7.26. The molecule has 0 atom stereocenters. The van der Waals surface area contributed by atoms with E-state index in [9.17, 15) is 0 Å². The molecule has 1 aliphatic rings. The van der Waals surface area contributed by atoms with Gasteiger partial charge in [-0.15, -0.1) is 11.3 Å². The number of anilines is 1. The van der Waals surface area contributed by atoms with Gasteiger partial charge in [0.2, 0.25) is 0 Å². The average Bonchev–Trinajstić information content (AvgIpc) is 3.14. The van der Waals surface area contributed by atoms with Gasteiger partial charge in [0.25, 0.3) is 0 Å². The second-order valence-electron chi connectivity index (χ2n) is 5.80. The number of hydrogen-bond donors (Lipinski definition) is 1. The number of hydrogen-bond acceptors (Lipinski definition) is 4. The fourth-order valence-electron chi connectivity index (χ4n) is 2.62. The number of fused-ring (bicyclic) bond motifs is 1. The van der Waals surface area contributed by atoms with Gasteiger partial charge in [-0.3, -0.25) is 0 Å². The topological polar surface area (TPSA) is 38.1 Å². The zero-order chi connectivity index (χ0) is 14.4. The van der Waals surface area contributed by atoms with Crippen LogP contribution >= 0.6 is 11.3 Å². The summed E-state index contributed by atoms with van der Waals surface area (Å²) in [5.74, 6) is 1.47. The quantitative estimate of drug-likeness (QED) is 0.737. The van der Waals surface area contributed by atoms with E-state index in [1.54, 1.807) is 0 Å². The molecule has 0 radical (unpaired) electrons. The van der Waals surface area contributed by atoms with Crippen molar-refractivity contribution >= 4 is 28.1 Å². The van der Waals surface area contributed by atoms with Gasteiger partial charge in [-0.1, -0.05) is 0 Å². The summed E-state index contributed by atoms with van der Waals surface area (Å²) in [7, 11) is 0. The Morgan fingerprint density at radius 2 is 2.14 bits per heavy atom. The van der Waals surface area contributed by atoms with Gasteiger partial charge in [0.15, 0.2) is 11.5 Å². The van der Waals surface area contributed by atoms with Gasteiger partial charge >= 0.3 is 0 Å². The number of aromatic nitrogens is 1. The van der Waals surface area contributed by atoms with Crippen LogP contribution < -0.4 is 5.32 Å². The zero-order valence-corrected chi connectivity index (χ0v) is 13.1. The van der Waals surface area contributed by atoms with Gasteiger partial charge in [0.1, 0.15) is 5.52 Å². The molecule has 0 unspecified atom stereocenters. The van der Waals surface area contributed by atoms with E-state index in [1.807, 2.05) is 17.4 Å². The van der Waals surface area contributed by atoms with E-state index < -0.39 is 0 Å². The number of oxazole rings is 1. The SMILES string of the molecule is Cc1cc(CNc2ccc3oc(C4CC4)nc3c2)c(C)s1. The van der Waals surface area contributed by atoms with Crippen LogP contribution in [-0.2, 0) is 6.54 Å². The summed E-state index contributed by atoms with van der Waals surface area (Å²) in [6.07, 6.45) is 2.43. The molecule has 0 amide bonds. The molecular formula is C17H18N2OS. The molecule has 1 saturated carbocycles. The molecule has 1 fully saturated rings. The van der Waals surface area contributed by atoms with Gasteiger partial charge < -0.3 is 9.73 Å². The summed E-state index contributed by atoms with van der Waals surface area (Å²) in [4.78, 5) is 7.36. The van der Waals surface area contributed by atoms with Gasteiger partial charge in [-0.2, -0.15) is 0 Å². The Morgan fingerprint density at radius 1 is 1.29 bits per heavy atom. The highest BCUT2D eigenvalue weighted by molar-refractivity contribution is 7.12. The maximum absolute atomic E-state index is 5.79. The molecule has 1 N–H and O–H groups in total. The third-order valence-electron chi connectivity index (χ3n) is 3.96. The molecular weight excluding hydrogens is 280 g/mol. The lowest BCUT2D eigenvalue weighted by Crippen LogP contribution is -1.99. The van der Waals surface area contributed by atoms with E-state index in [4.69, 9.17) is 4.42 Å². The van der Waals surface area contributed by atoms with Crippen molar-refractivity contribution in [1.82, 2.24) is 4.98 Å². The van der Waals surface area contributed by atoms with Crippen molar-refractivity contribution in [3.63, 3.8) is 0 Å². The monoisotopic (exact) mass is 298 g/mol. The molecule has 108 valence electrons. The summed E-state index contributed by atoms with van der Waals surface area (Å²) in [6, 6.07) is 8.42. The molecule has 21 heavy (non-hydrogen) atoms. The van der Waals surface area contributed by atoms with E-state index in [-0.39, 0.29) is 0 Å². The molecule has 3 aromatic rings. The number of aryl methyl sites for hydroxylation is 2. The van der Waals surface area contributed by atoms with Crippen LogP contribution in [0.1, 0.15) is 40.0 Å². The van der Waals surface area contributed by atoms with Crippen molar-refractivity contribution in [1.29, 1.82) is 0 Å². The second kappa shape index (κ2) is 4.88. The third kappa shape index (κ3) is 2.56. The van der Waals surface area contributed by atoms with E-state index >= 15 is 0 Å². The molecule has 0 bridgehead atoms. The molecule has 4 heteroatoms. The highest BCUT2D eigenvalue weighted by atomic mass is 32.1. The minimum atomic E-state index is 0.560. The predicted octanol–water partition coefficient (Wildman–Crippen LogP) is 5.00. The molecule has 3 nitrogen and oxygen atoms in total.